The molecule has 0 bridgehead atoms. The van der Waals surface area contributed by atoms with Crippen molar-refractivity contribution >= 4 is 18.3 Å². The van der Waals surface area contributed by atoms with E-state index in [2.05, 4.69) is 34.5 Å². The molecule has 1 spiro atoms. The fourth-order valence-electron chi connectivity index (χ4n) is 4.44. The molecule has 120 valence electrons. The Hall–Kier alpha value is -1.06. The van der Waals surface area contributed by atoms with Gasteiger partial charge in [-0.05, 0) is 49.8 Å². The molecule has 1 saturated carbocycles. The lowest BCUT2D eigenvalue weighted by atomic mass is 9.78. The lowest BCUT2D eigenvalue weighted by molar-refractivity contribution is -0.132. The summed E-state index contributed by atoms with van der Waals surface area (Å²) in [7, 11) is 0. The van der Waals surface area contributed by atoms with Gasteiger partial charge in [-0.25, -0.2) is 0 Å². The lowest BCUT2D eigenvalue weighted by Gasteiger charge is -2.28. The van der Waals surface area contributed by atoms with Crippen LogP contribution in [-0.2, 0) is 16.6 Å². The van der Waals surface area contributed by atoms with Gasteiger partial charge in [0, 0.05) is 31.0 Å². The molecule has 1 aliphatic heterocycles. The van der Waals surface area contributed by atoms with Crippen molar-refractivity contribution < 1.29 is 4.79 Å². The van der Waals surface area contributed by atoms with Crippen LogP contribution in [0.4, 0.5) is 0 Å². The second-order valence-corrected chi connectivity index (χ2v) is 6.85. The monoisotopic (exact) mass is 320 g/mol. The van der Waals surface area contributed by atoms with Gasteiger partial charge >= 0.3 is 0 Å². The zero-order valence-corrected chi connectivity index (χ0v) is 13.8. The van der Waals surface area contributed by atoms with E-state index in [0.29, 0.717) is 5.91 Å². The summed E-state index contributed by atoms with van der Waals surface area (Å²) in [6.07, 6.45) is 5.79. The molecule has 4 rings (SSSR count). The Bertz CT molecular complexity index is 554. The van der Waals surface area contributed by atoms with Crippen LogP contribution in [0.2, 0.25) is 0 Å². The largest absolute Gasteiger partial charge is 0.341 e. The predicted octanol–water partition coefficient (Wildman–Crippen LogP) is 2.52. The minimum Gasteiger partial charge on any atom is -0.341 e. The topological polar surface area (TPSA) is 32.3 Å². The first kappa shape index (κ1) is 15.8. The highest BCUT2D eigenvalue weighted by Crippen LogP contribution is 2.60. The summed E-state index contributed by atoms with van der Waals surface area (Å²) in [5, 5.41) is 3.38. The summed E-state index contributed by atoms with van der Waals surface area (Å²) in [6, 6.07) is 8.80. The highest BCUT2D eigenvalue weighted by Gasteiger charge is 2.60. The molecule has 22 heavy (non-hydrogen) atoms. The van der Waals surface area contributed by atoms with Crippen molar-refractivity contribution in [3.05, 3.63) is 35.4 Å². The molecule has 1 N–H and O–H groups in total. The van der Waals surface area contributed by atoms with Crippen molar-refractivity contribution in [3.8, 4) is 0 Å². The number of nitrogens with one attached hydrogen (secondary N) is 1. The van der Waals surface area contributed by atoms with Crippen LogP contribution in [0.15, 0.2) is 24.3 Å². The van der Waals surface area contributed by atoms with E-state index in [1.807, 2.05) is 0 Å². The first-order chi connectivity index (χ1) is 10.3. The van der Waals surface area contributed by atoms with Crippen LogP contribution in [0.25, 0.3) is 0 Å². The van der Waals surface area contributed by atoms with Crippen LogP contribution >= 0.6 is 12.4 Å². The number of amides is 1. The first-order valence-corrected chi connectivity index (χ1v) is 8.39. The van der Waals surface area contributed by atoms with Crippen molar-refractivity contribution in [1.82, 2.24) is 10.2 Å². The van der Waals surface area contributed by atoms with Gasteiger partial charge in [0.1, 0.15) is 0 Å². The fraction of sp³-hybridized carbons (Fsp3) is 0.611. The van der Waals surface area contributed by atoms with E-state index in [9.17, 15) is 4.79 Å². The maximum absolute atomic E-state index is 12.9. The number of carbonyl (C=O) groups is 1. The van der Waals surface area contributed by atoms with Gasteiger partial charge in [-0.15, -0.1) is 12.4 Å². The molecule has 1 amide bonds. The first-order valence-electron chi connectivity index (χ1n) is 8.39. The Morgan fingerprint density at radius 3 is 2.95 bits per heavy atom. The summed E-state index contributed by atoms with van der Waals surface area (Å²) < 4.78 is 0. The van der Waals surface area contributed by atoms with Crippen LogP contribution in [-0.4, -0.2) is 37.0 Å². The van der Waals surface area contributed by atoms with E-state index in [1.165, 1.54) is 30.4 Å². The maximum atomic E-state index is 12.9. The van der Waals surface area contributed by atoms with Gasteiger partial charge in [0.2, 0.25) is 5.91 Å². The third kappa shape index (κ3) is 2.55. The van der Waals surface area contributed by atoms with Crippen LogP contribution in [0.3, 0.4) is 0 Å². The number of carbonyl (C=O) groups excluding carboxylic acids is 1. The van der Waals surface area contributed by atoms with Gasteiger partial charge in [-0.2, -0.15) is 0 Å². The molecule has 0 radical (unpaired) electrons. The van der Waals surface area contributed by atoms with Gasteiger partial charge in [0.15, 0.2) is 0 Å². The SMILES string of the molecule is Cl.O=C(C1CC12CCCc1ccccc12)N1CCCNCC1. The maximum Gasteiger partial charge on any atom is 0.226 e. The van der Waals surface area contributed by atoms with Crippen LogP contribution in [0, 0.1) is 5.92 Å². The summed E-state index contributed by atoms with van der Waals surface area (Å²) >= 11 is 0. The Kier molecular flexibility index (Phi) is 4.47. The van der Waals surface area contributed by atoms with Crippen molar-refractivity contribution in [3.63, 3.8) is 0 Å². The zero-order valence-electron chi connectivity index (χ0n) is 13.0. The predicted molar refractivity (Wildman–Crippen MR) is 90.5 cm³/mol. The number of hydrogen-bond donors (Lipinski definition) is 1. The third-order valence-electron chi connectivity index (χ3n) is 5.65. The summed E-state index contributed by atoms with van der Waals surface area (Å²) in [6.45, 7) is 3.80. The molecule has 4 heteroatoms. The van der Waals surface area contributed by atoms with E-state index in [1.54, 1.807) is 0 Å². The lowest BCUT2D eigenvalue weighted by Crippen LogP contribution is -2.37. The number of nitrogens with zero attached hydrogens (tertiary/aromatic N) is 1. The molecule has 1 aromatic carbocycles. The molecule has 3 nitrogen and oxygen atoms in total. The van der Waals surface area contributed by atoms with Gasteiger partial charge in [0.25, 0.3) is 0 Å². The molecule has 1 aromatic rings. The smallest absolute Gasteiger partial charge is 0.226 e. The number of fused-ring (bicyclic) bond motifs is 2. The standard InChI is InChI=1S/C18H24N2O.ClH/c21-17(20-11-4-9-19-10-12-20)16-13-18(16)8-3-6-14-5-1-2-7-15(14)18;/h1-2,5,7,16,19H,3-4,6,8-13H2;1H. The van der Waals surface area contributed by atoms with Gasteiger partial charge in [0.05, 0.1) is 0 Å². The Labute approximate surface area is 138 Å². The average Bonchev–Trinajstić information content (AvgIpc) is 3.28. The highest BCUT2D eigenvalue weighted by molar-refractivity contribution is 5.85. The van der Waals surface area contributed by atoms with Crippen molar-refractivity contribution in [1.29, 1.82) is 0 Å². The molecular weight excluding hydrogens is 296 g/mol. The molecule has 0 aromatic heterocycles. The Morgan fingerprint density at radius 1 is 1.18 bits per heavy atom. The highest BCUT2D eigenvalue weighted by atomic mass is 35.5. The van der Waals surface area contributed by atoms with E-state index < -0.39 is 0 Å². The van der Waals surface area contributed by atoms with Crippen molar-refractivity contribution in [2.45, 2.75) is 37.5 Å². The van der Waals surface area contributed by atoms with Crippen molar-refractivity contribution in [2.24, 2.45) is 5.92 Å². The van der Waals surface area contributed by atoms with Crippen LogP contribution in [0.1, 0.15) is 36.8 Å². The van der Waals surface area contributed by atoms with Crippen LogP contribution in [0.5, 0.6) is 0 Å². The van der Waals surface area contributed by atoms with E-state index in [-0.39, 0.29) is 23.7 Å². The number of halogens is 1. The number of hydrogen-bond acceptors (Lipinski definition) is 2. The van der Waals surface area contributed by atoms with Crippen molar-refractivity contribution in [2.75, 3.05) is 26.2 Å². The fourth-order valence-corrected chi connectivity index (χ4v) is 4.44. The minimum absolute atomic E-state index is 0. The van der Waals surface area contributed by atoms with E-state index >= 15 is 0 Å². The van der Waals surface area contributed by atoms with E-state index in [4.69, 9.17) is 0 Å². The normalized spacial score (nSPS) is 30.2. The molecule has 2 unspecified atom stereocenters. The Balaban J connectivity index is 0.00000144. The molecule has 3 aliphatic rings. The molecule has 1 heterocycles. The number of rotatable bonds is 1. The minimum atomic E-state index is 0. The molecule has 1 saturated heterocycles. The quantitative estimate of drug-likeness (QED) is 0.862. The van der Waals surface area contributed by atoms with E-state index in [0.717, 1.165) is 39.0 Å². The summed E-state index contributed by atoms with van der Waals surface area (Å²) in [4.78, 5) is 15.0. The Morgan fingerprint density at radius 2 is 2.05 bits per heavy atom. The average molecular weight is 321 g/mol. The van der Waals surface area contributed by atoms with Gasteiger partial charge in [-0.1, -0.05) is 24.3 Å². The molecule has 2 atom stereocenters. The summed E-state index contributed by atoms with van der Waals surface area (Å²) in [5.41, 5.74) is 3.14. The second-order valence-electron chi connectivity index (χ2n) is 6.85. The number of aryl methyl sites for hydroxylation is 1. The second kappa shape index (κ2) is 6.21. The van der Waals surface area contributed by atoms with Crippen LogP contribution < -0.4 is 5.32 Å². The molecule has 2 fully saturated rings. The zero-order chi connectivity index (χ0) is 14.3. The van der Waals surface area contributed by atoms with Gasteiger partial charge in [-0.3, -0.25) is 4.79 Å². The summed E-state index contributed by atoms with van der Waals surface area (Å²) in [5.74, 6) is 0.660. The third-order valence-corrected chi connectivity index (χ3v) is 5.65. The van der Waals surface area contributed by atoms with Gasteiger partial charge < -0.3 is 10.2 Å². The molecular formula is C18H25ClN2O. The number of benzene rings is 1. The molecule has 2 aliphatic carbocycles.